The molecule has 1 aromatic heterocycles. The van der Waals surface area contributed by atoms with Crippen LogP contribution < -0.4 is 0 Å². The number of nitrogens with zero attached hydrogens (tertiary/aromatic N) is 3. The standard InChI is InChI=1S/C14H17N3O2/c1-4-9(2)10-5-7-11(8-6-10)13-15-12(14(18)19)16-17(13)3/h5-9H,4H2,1-3H3,(H,18,19). The Hall–Kier alpha value is -2.17. The molecule has 0 aliphatic carbocycles. The van der Waals surface area contributed by atoms with E-state index in [9.17, 15) is 4.79 Å². The van der Waals surface area contributed by atoms with Crippen LogP contribution in [-0.4, -0.2) is 25.8 Å². The lowest BCUT2D eigenvalue weighted by Gasteiger charge is -2.09. The van der Waals surface area contributed by atoms with Crippen molar-refractivity contribution in [3.63, 3.8) is 0 Å². The molecule has 0 aliphatic heterocycles. The van der Waals surface area contributed by atoms with E-state index < -0.39 is 5.97 Å². The molecular formula is C14H17N3O2. The largest absolute Gasteiger partial charge is 0.475 e. The normalized spacial score (nSPS) is 12.4. The molecule has 1 aromatic carbocycles. The van der Waals surface area contributed by atoms with Crippen LogP contribution >= 0.6 is 0 Å². The maximum Gasteiger partial charge on any atom is 0.375 e. The van der Waals surface area contributed by atoms with Gasteiger partial charge < -0.3 is 5.11 Å². The summed E-state index contributed by atoms with van der Waals surface area (Å²) in [4.78, 5) is 14.9. The lowest BCUT2D eigenvalue weighted by atomic mass is 9.97. The van der Waals surface area contributed by atoms with Gasteiger partial charge in [0, 0.05) is 12.6 Å². The highest BCUT2D eigenvalue weighted by molar-refractivity contribution is 5.83. The molecular weight excluding hydrogens is 242 g/mol. The molecule has 0 bridgehead atoms. The van der Waals surface area contributed by atoms with Gasteiger partial charge >= 0.3 is 5.97 Å². The number of carboxylic acids is 1. The summed E-state index contributed by atoms with van der Waals surface area (Å²) in [5.41, 5.74) is 2.14. The summed E-state index contributed by atoms with van der Waals surface area (Å²) < 4.78 is 1.49. The van der Waals surface area contributed by atoms with Crippen molar-refractivity contribution >= 4 is 5.97 Å². The summed E-state index contributed by atoms with van der Waals surface area (Å²) >= 11 is 0. The third kappa shape index (κ3) is 2.65. The predicted octanol–water partition coefficient (Wildman–Crippen LogP) is 2.69. The number of aryl methyl sites for hydroxylation is 1. The SMILES string of the molecule is CCC(C)c1ccc(-c2nc(C(=O)O)nn2C)cc1. The molecule has 100 valence electrons. The lowest BCUT2D eigenvalue weighted by Crippen LogP contribution is -2.00. The van der Waals surface area contributed by atoms with Crippen molar-refractivity contribution in [3.05, 3.63) is 35.7 Å². The Labute approximate surface area is 111 Å². The monoisotopic (exact) mass is 259 g/mol. The van der Waals surface area contributed by atoms with Crippen molar-refractivity contribution in [2.75, 3.05) is 0 Å². The van der Waals surface area contributed by atoms with Gasteiger partial charge in [-0.05, 0) is 17.9 Å². The van der Waals surface area contributed by atoms with E-state index in [0.29, 0.717) is 11.7 Å². The number of hydrogen-bond acceptors (Lipinski definition) is 3. The summed E-state index contributed by atoms with van der Waals surface area (Å²) in [5, 5.41) is 12.7. The molecule has 5 heteroatoms. The van der Waals surface area contributed by atoms with Crippen molar-refractivity contribution in [2.24, 2.45) is 7.05 Å². The van der Waals surface area contributed by atoms with Crippen molar-refractivity contribution < 1.29 is 9.90 Å². The van der Waals surface area contributed by atoms with E-state index in [1.54, 1.807) is 7.05 Å². The smallest absolute Gasteiger partial charge is 0.375 e. The van der Waals surface area contributed by atoms with E-state index in [1.807, 2.05) is 12.1 Å². The molecule has 0 saturated carbocycles. The molecule has 0 spiro atoms. The Balaban J connectivity index is 2.34. The van der Waals surface area contributed by atoms with E-state index >= 15 is 0 Å². The molecule has 0 fully saturated rings. The highest BCUT2D eigenvalue weighted by atomic mass is 16.4. The van der Waals surface area contributed by atoms with Crippen LogP contribution in [0.1, 0.15) is 42.4 Å². The topological polar surface area (TPSA) is 68.0 Å². The molecule has 1 unspecified atom stereocenters. The van der Waals surface area contributed by atoms with Crippen molar-refractivity contribution in [1.29, 1.82) is 0 Å². The lowest BCUT2D eigenvalue weighted by molar-refractivity contribution is 0.0683. The first-order valence-corrected chi connectivity index (χ1v) is 6.27. The Morgan fingerprint density at radius 2 is 2.00 bits per heavy atom. The molecule has 19 heavy (non-hydrogen) atoms. The van der Waals surface area contributed by atoms with Crippen LogP contribution in [0.5, 0.6) is 0 Å². The maximum atomic E-state index is 10.8. The molecule has 0 saturated heterocycles. The Morgan fingerprint density at radius 1 is 1.37 bits per heavy atom. The van der Waals surface area contributed by atoms with Gasteiger partial charge in [-0.2, -0.15) is 0 Å². The van der Waals surface area contributed by atoms with Gasteiger partial charge in [0.1, 0.15) is 0 Å². The molecule has 0 radical (unpaired) electrons. The molecule has 0 aliphatic rings. The summed E-state index contributed by atoms with van der Waals surface area (Å²) in [6, 6.07) is 8.02. The highest BCUT2D eigenvalue weighted by Gasteiger charge is 2.14. The van der Waals surface area contributed by atoms with E-state index in [1.165, 1.54) is 10.2 Å². The second-order valence-corrected chi connectivity index (χ2v) is 4.62. The van der Waals surface area contributed by atoms with Crippen molar-refractivity contribution in [1.82, 2.24) is 14.8 Å². The summed E-state index contributed by atoms with van der Waals surface area (Å²) in [7, 11) is 1.69. The van der Waals surface area contributed by atoms with Crippen LogP contribution in [0.4, 0.5) is 0 Å². The number of aromatic carboxylic acids is 1. The van der Waals surface area contributed by atoms with Crippen LogP contribution in [0, 0.1) is 0 Å². The van der Waals surface area contributed by atoms with Gasteiger partial charge in [-0.15, -0.1) is 5.10 Å². The number of aromatic nitrogens is 3. The van der Waals surface area contributed by atoms with Crippen LogP contribution in [0.15, 0.2) is 24.3 Å². The van der Waals surface area contributed by atoms with Crippen molar-refractivity contribution in [2.45, 2.75) is 26.2 Å². The minimum absolute atomic E-state index is 0.177. The molecule has 1 N–H and O–H groups in total. The van der Waals surface area contributed by atoms with Gasteiger partial charge in [-0.1, -0.05) is 38.1 Å². The quantitative estimate of drug-likeness (QED) is 0.916. The molecule has 2 rings (SSSR count). The maximum absolute atomic E-state index is 10.8. The molecule has 1 heterocycles. The fourth-order valence-electron chi connectivity index (χ4n) is 1.92. The third-order valence-electron chi connectivity index (χ3n) is 3.30. The molecule has 5 nitrogen and oxygen atoms in total. The fraction of sp³-hybridized carbons (Fsp3) is 0.357. The first-order chi connectivity index (χ1) is 9.02. The predicted molar refractivity (Wildman–Crippen MR) is 72.1 cm³/mol. The second-order valence-electron chi connectivity index (χ2n) is 4.62. The van der Waals surface area contributed by atoms with Gasteiger partial charge in [-0.25, -0.2) is 14.5 Å². The first kappa shape index (κ1) is 13.3. The van der Waals surface area contributed by atoms with Crippen molar-refractivity contribution in [3.8, 4) is 11.4 Å². The number of rotatable bonds is 4. The zero-order valence-corrected chi connectivity index (χ0v) is 11.3. The van der Waals surface area contributed by atoms with E-state index in [2.05, 4.69) is 36.1 Å². The average Bonchev–Trinajstić information content (AvgIpc) is 2.80. The number of benzene rings is 1. The first-order valence-electron chi connectivity index (χ1n) is 6.27. The van der Waals surface area contributed by atoms with Crippen LogP contribution in [0.3, 0.4) is 0 Å². The summed E-state index contributed by atoms with van der Waals surface area (Å²) in [6.45, 7) is 4.33. The van der Waals surface area contributed by atoms with Gasteiger partial charge in [0.15, 0.2) is 5.82 Å². The summed E-state index contributed by atoms with van der Waals surface area (Å²) in [5.74, 6) is -0.210. The second kappa shape index (κ2) is 5.22. The number of carbonyl (C=O) groups is 1. The van der Waals surface area contributed by atoms with E-state index in [0.717, 1.165) is 12.0 Å². The zero-order valence-electron chi connectivity index (χ0n) is 11.3. The summed E-state index contributed by atoms with van der Waals surface area (Å²) in [6.07, 6.45) is 1.09. The van der Waals surface area contributed by atoms with Gasteiger partial charge in [0.2, 0.25) is 0 Å². The third-order valence-corrected chi connectivity index (χ3v) is 3.30. The van der Waals surface area contributed by atoms with Gasteiger partial charge in [-0.3, -0.25) is 0 Å². The minimum atomic E-state index is -1.11. The number of carboxylic acid groups (broad SMARTS) is 1. The fourth-order valence-corrected chi connectivity index (χ4v) is 1.92. The zero-order chi connectivity index (χ0) is 14.0. The number of hydrogen-bond donors (Lipinski definition) is 1. The van der Waals surface area contributed by atoms with Gasteiger partial charge in [0.05, 0.1) is 0 Å². The van der Waals surface area contributed by atoms with E-state index in [-0.39, 0.29) is 5.82 Å². The van der Waals surface area contributed by atoms with Crippen LogP contribution in [0.2, 0.25) is 0 Å². The molecule has 2 aromatic rings. The highest BCUT2D eigenvalue weighted by Crippen LogP contribution is 2.23. The molecule has 0 amide bonds. The van der Waals surface area contributed by atoms with E-state index in [4.69, 9.17) is 5.11 Å². The molecule has 1 atom stereocenters. The van der Waals surface area contributed by atoms with Gasteiger partial charge in [0.25, 0.3) is 5.82 Å². The Bertz CT molecular complexity index is 587. The average molecular weight is 259 g/mol. The van der Waals surface area contributed by atoms with Crippen LogP contribution in [-0.2, 0) is 7.05 Å². The Kier molecular flexibility index (Phi) is 3.64. The Morgan fingerprint density at radius 3 is 2.47 bits per heavy atom. The van der Waals surface area contributed by atoms with Crippen LogP contribution in [0.25, 0.3) is 11.4 Å². The minimum Gasteiger partial charge on any atom is -0.475 e.